The maximum Gasteiger partial charge on any atom is 0.234 e. The molecule has 1 amide bonds. The molecule has 1 N–H and O–H groups in total. The first-order valence-electron chi connectivity index (χ1n) is 7.70. The van der Waals surface area contributed by atoms with E-state index in [4.69, 9.17) is 11.6 Å². The van der Waals surface area contributed by atoms with E-state index in [0.717, 1.165) is 31.2 Å². The van der Waals surface area contributed by atoms with Crippen LogP contribution in [-0.4, -0.2) is 55.0 Å². The van der Waals surface area contributed by atoms with Crippen molar-refractivity contribution in [1.29, 1.82) is 0 Å². The average Bonchev–Trinajstić information content (AvgIpc) is 2.53. The Morgan fingerprint density at radius 2 is 2.05 bits per heavy atom. The van der Waals surface area contributed by atoms with Crippen molar-refractivity contribution >= 4 is 17.5 Å². The van der Waals surface area contributed by atoms with Gasteiger partial charge in [-0.1, -0.05) is 35.9 Å². The molecule has 1 aromatic rings. The Balaban J connectivity index is 1.83. The van der Waals surface area contributed by atoms with E-state index >= 15 is 0 Å². The van der Waals surface area contributed by atoms with Crippen molar-refractivity contribution in [3.05, 3.63) is 47.5 Å². The van der Waals surface area contributed by atoms with E-state index in [-0.39, 0.29) is 5.91 Å². The van der Waals surface area contributed by atoms with Gasteiger partial charge in [-0.2, -0.15) is 0 Å². The summed E-state index contributed by atoms with van der Waals surface area (Å²) in [5.74, 6) is 0.0625. The number of hydrogen-bond donors (Lipinski definition) is 1. The van der Waals surface area contributed by atoms with Gasteiger partial charge in [0.25, 0.3) is 0 Å². The molecule has 2 rings (SSSR count). The summed E-state index contributed by atoms with van der Waals surface area (Å²) in [4.78, 5) is 16.3. The number of nitrogens with one attached hydrogen (secondary N) is 1. The minimum Gasteiger partial charge on any atom is -0.352 e. The molecule has 0 radical (unpaired) electrons. The van der Waals surface area contributed by atoms with Crippen LogP contribution in [-0.2, 0) is 4.79 Å². The molecule has 1 saturated heterocycles. The molecule has 1 fully saturated rings. The summed E-state index contributed by atoms with van der Waals surface area (Å²) in [7, 11) is 0. The number of amides is 1. The predicted molar refractivity (Wildman–Crippen MR) is 91.1 cm³/mol. The van der Waals surface area contributed by atoms with Crippen LogP contribution in [0.5, 0.6) is 0 Å². The highest BCUT2D eigenvalue weighted by atomic mass is 35.5. The van der Waals surface area contributed by atoms with Crippen molar-refractivity contribution in [2.75, 3.05) is 39.3 Å². The molecule has 0 bridgehead atoms. The standard InChI is InChI=1S/C17H24ClN3O/c1-3-8-19-17(22)13-20-9-11-21(12-10-20)14(2)15-6-4-5-7-16(15)18/h3-7,14H,1,8-13H2,2H3,(H,19,22). The minimum atomic E-state index is 0.0625. The number of piperazine rings is 1. The fourth-order valence-electron chi connectivity index (χ4n) is 2.76. The van der Waals surface area contributed by atoms with Crippen LogP contribution in [0.4, 0.5) is 0 Å². The van der Waals surface area contributed by atoms with E-state index in [9.17, 15) is 4.79 Å². The zero-order valence-electron chi connectivity index (χ0n) is 13.1. The van der Waals surface area contributed by atoms with Gasteiger partial charge < -0.3 is 5.32 Å². The van der Waals surface area contributed by atoms with Crippen LogP contribution in [0.2, 0.25) is 5.02 Å². The lowest BCUT2D eigenvalue weighted by Crippen LogP contribution is -2.50. The lowest BCUT2D eigenvalue weighted by Gasteiger charge is -2.38. The second-order valence-corrected chi connectivity index (χ2v) is 6.01. The van der Waals surface area contributed by atoms with Crippen molar-refractivity contribution < 1.29 is 4.79 Å². The molecule has 0 aliphatic carbocycles. The molecule has 1 heterocycles. The maximum atomic E-state index is 11.7. The lowest BCUT2D eigenvalue weighted by atomic mass is 10.1. The molecule has 0 aromatic heterocycles. The summed E-state index contributed by atoms with van der Waals surface area (Å²) in [6, 6.07) is 8.30. The van der Waals surface area contributed by atoms with Crippen molar-refractivity contribution in [3.63, 3.8) is 0 Å². The zero-order valence-corrected chi connectivity index (χ0v) is 13.9. The molecule has 1 unspecified atom stereocenters. The first-order chi connectivity index (χ1) is 10.6. The minimum absolute atomic E-state index is 0.0625. The molecule has 0 spiro atoms. The number of carbonyl (C=O) groups excluding carboxylic acids is 1. The van der Waals surface area contributed by atoms with Gasteiger partial charge in [0.05, 0.1) is 6.54 Å². The molecular weight excluding hydrogens is 298 g/mol. The molecular formula is C17H24ClN3O. The van der Waals surface area contributed by atoms with Crippen molar-refractivity contribution in [3.8, 4) is 0 Å². The third-order valence-corrected chi connectivity index (χ3v) is 4.46. The Hall–Kier alpha value is -1.36. The number of rotatable bonds is 6. The SMILES string of the molecule is C=CCNC(=O)CN1CCN(C(C)c2ccccc2Cl)CC1. The molecule has 5 heteroatoms. The third-order valence-electron chi connectivity index (χ3n) is 4.12. The predicted octanol–water partition coefficient (Wildman–Crippen LogP) is 2.32. The number of benzene rings is 1. The summed E-state index contributed by atoms with van der Waals surface area (Å²) < 4.78 is 0. The van der Waals surface area contributed by atoms with E-state index in [1.54, 1.807) is 6.08 Å². The Kier molecular flexibility index (Phi) is 6.43. The monoisotopic (exact) mass is 321 g/mol. The van der Waals surface area contributed by atoms with Crippen LogP contribution in [0.25, 0.3) is 0 Å². The lowest BCUT2D eigenvalue weighted by molar-refractivity contribution is -0.122. The summed E-state index contributed by atoms with van der Waals surface area (Å²) in [6.45, 7) is 10.5. The molecule has 1 aromatic carbocycles. The highest BCUT2D eigenvalue weighted by molar-refractivity contribution is 6.31. The van der Waals surface area contributed by atoms with E-state index in [2.05, 4.69) is 34.7 Å². The Labute approximate surface area is 137 Å². The second kappa shape index (κ2) is 8.32. The third kappa shape index (κ3) is 4.57. The molecule has 22 heavy (non-hydrogen) atoms. The van der Waals surface area contributed by atoms with Gasteiger partial charge in [-0.25, -0.2) is 0 Å². The molecule has 1 atom stereocenters. The summed E-state index contributed by atoms with van der Waals surface area (Å²) in [6.07, 6.45) is 1.70. The van der Waals surface area contributed by atoms with Crippen LogP contribution < -0.4 is 5.32 Å². The van der Waals surface area contributed by atoms with Gasteiger partial charge >= 0.3 is 0 Å². The quantitative estimate of drug-likeness (QED) is 0.817. The summed E-state index contributed by atoms with van der Waals surface area (Å²) >= 11 is 6.29. The number of hydrogen-bond acceptors (Lipinski definition) is 3. The van der Waals surface area contributed by atoms with Gasteiger partial charge in [-0.15, -0.1) is 6.58 Å². The van der Waals surface area contributed by atoms with Crippen LogP contribution in [0, 0.1) is 0 Å². The van der Waals surface area contributed by atoms with Crippen molar-refractivity contribution in [2.24, 2.45) is 0 Å². The van der Waals surface area contributed by atoms with Gasteiger partial charge in [0.15, 0.2) is 0 Å². The van der Waals surface area contributed by atoms with Gasteiger partial charge in [0.1, 0.15) is 0 Å². The fourth-order valence-corrected chi connectivity index (χ4v) is 3.06. The normalized spacial score (nSPS) is 17.9. The Bertz CT molecular complexity index is 512. The molecule has 1 aliphatic rings. The zero-order chi connectivity index (χ0) is 15.9. The molecule has 120 valence electrons. The number of carbonyl (C=O) groups is 1. The van der Waals surface area contributed by atoms with Gasteiger partial charge in [0, 0.05) is 43.8 Å². The summed E-state index contributed by atoms with van der Waals surface area (Å²) in [5, 5.41) is 3.64. The largest absolute Gasteiger partial charge is 0.352 e. The molecule has 1 aliphatic heterocycles. The van der Waals surface area contributed by atoms with Gasteiger partial charge in [-0.05, 0) is 18.6 Å². The second-order valence-electron chi connectivity index (χ2n) is 5.60. The van der Waals surface area contributed by atoms with E-state index in [1.807, 2.05) is 18.2 Å². The van der Waals surface area contributed by atoms with Gasteiger partial charge in [0.2, 0.25) is 5.91 Å². The van der Waals surface area contributed by atoms with Crippen LogP contribution in [0.15, 0.2) is 36.9 Å². The number of nitrogens with zero attached hydrogens (tertiary/aromatic N) is 2. The Morgan fingerprint density at radius 1 is 1.36 bits per heavy atom. The first-order valence-corrected chi connectivity index (χ1v) is 8.08. The summed E-state index contributed by atoms with van der Waals surface area (Å²) in [5.41, 5.74) is 1.17. The highest BCUT2D eigenvalue weighted by Gasteiger charge is 2.23. The first kappa shape index (κ1) is 17.0. The van der Waals surface area contributed by atoms with Crippen LogP contribution in [0.3, 0.4) is 0 Å². The fraction of sp³-hybridized carbons (Fsp3) is 0.471. The molecule has 0 saturated carbocycles. The van der Waals surface area contributed by atoms with E-state index < -0.39 is 0 Å². The van der Waals surface area contributed by atoms with E-state index in [0.29, 0.717) is 19.1 Å². The molecule has 4 nitrogen and oxygen atoms in total. The average molecular weight is 322 g/mol. The van der Waals surface area contributed by atoms with Crippen molar-refractivity contribution in [1.82, 2.24) is 15.1 Å². The topological polar surface area (TPSA) is 35.6 Å². The number of halogens is 1. The van der Waals surface area contributed by atoms with Crippen LogP contribution >= 0.6 is 11.6 Å². The highest BCUT2D eigenvalue weighted by Crippen LogP contribution is 2.27. The Morgan fingerprint density at radius 3 is 2.68 bits per heavy atom. The van der Waals surface area contributed by atoms with Crippen LogP contribution in [0.1, 0.15) is 18.5 Å². The van der Waals surface area contributed by atoms with Gasteiger partial charge in [-0.3, -0.25) is 14.6 Å². The van der Waals surface area contributed by atoms with Crippen molar-refractivity contribution in [2.45, 2.75) is 13.0 Å². The maximum absolute atomic E-state index is 11.7. The smallest absolute Gasteiger partial charge is 0.234 e. The van der Waals surface area contributed by atoms with E-state index in [1.165, 1.54) is 5.56 Å².